The summed E-state index contributed by atoms with van der Waals surface area (Å²) in [4.78, 5) is 19.1. The highest BCUT2D eigenvalue weighted by Gasteiger charge is 2.25. The van der Waals surface area contributed by atoms with Gasteiger partial charge in [0.25, 0.3) is 0 Å². The number of rotatable bonds is 3. The number of likely N-dealkylation sites (tertiary alicyclic amines) is 1. The third kappa shape index (κ3) is 3.59. The Balaban J connectivity index is 1.43. The van der Waals surface area contributed by atoms with E-state index in [9.17, 15) is 9.18 Å². The minimum Gasteiger partial charge on any atom is -0.342 e. The molecule has 0 atom stereocenters. The van der Waals surface area contributed by atoms with Gasteiger partial charge in [0, 0.05) is 19.1 Å². The van der Waals surface area contributed by atoms with E-state index in [1.165, 1.54) is 11.6 Å². The predicted molar refractivity (Wildman–Crippen MR) is 104 cm³/mol. The van der Waals surface area contributed by atoms with Gasteiger partial charge in [0.05, 0.1) is 23.8 Å². The van der Waals surface area contributed by atoms with Crippen molar-refractivity contribution >= 4 is 16.9 Å². The molecular weight excluding hydrogens is 341 g/mol. The minimum absolute atomic E-state index is 0.184. The Morgan fingerprint density at radius 2 is 1.93 bits per heavy atom. The maximum absolute atomic E-state index is 13.6. The zero-order valence-electron chi connectivity index (χ0n) is 15.8. The Bertz CT molecular complexity index is 986. The fourth-order valence-electron chi connectivity index (χ4n) is 3.95. The molecule has 4 nitrogen and oxygen atoms in total. The number of nitrogens with zero attached hydrogens (tertiary/aromatic N) is 3. The Morgan fingerprint density at radius 1 is 1.15 bits per heavy atom. The molecule has 0 aliphatic carbocycles. The molecule has 1 aromatic heterocycles. The van der Waals surface area contributed by atoms with Crippen LogP contribution in [-0.4, -0.2) is 33.4 Å². The van der Waals surface area contributed by atoms with Gasteiger partial charge in [-0.1, -0.05) is 23.8 Å². The zero-order chi connectivity index (χ0) is 19.0. The molecule has 0 spiro atoms. The fourth-order valence-corrected chi connectivity index (χ4v) is 3.95. The second kappa shape index (κ2) is 7.14. The van der Waals surface area contributed by atoms with Crippen LogP contribution >= 0.6 is 0 Å². The Labute approximate surface area is 158 Å². The van der Waals surface area contributed by atoms with Gasteiger partial charge in [-0.05, 0) is 56.0 Å². The van der Waals surface area contributed by atoms with E-state index < -0.39 is 0 Å². The van der Waals surface area contributed by atoms with E-state index >= 15 is 0 Å². The summed E-state index contributed by atoms with van der Waals surface area (Å²) < 4.78 is 15.7. The summed E-state index contributed by atoms with van der Waals surface area (Å²) in [5, 5.41) is 0. The Kier molecular flexibility index (Phi) is 4.68. The van der Waals surface area contributed by atoms with E-state index in [2.05, 4.69) is 41.6 Å². The summed E-state index contributed by atoms with van der Waals surface area (Å²) in [6, 6.07) is 11.2. The van der Waals surface area contributed by atoms with Crippen LogP contribution in [0.4, 0.5) is 4.39 Å². The van der Waals surface area contributed by atoms with Crippen molar-refractivity contribution < 1.29 is 9.18 Å². The van der Waals surface area contributed by atoms with Gasteiger partial charge in [-0.15, -0.1) is 0 Å². The van der Waals surface area contributed by atoms with Crippen molar-refractivity contribution in [3.63, 3.8) is 0 Å². The highest BCUT2D eigenvalue weighted by molar-refractivity contribution is 5.79. The van der Waals surface area contributed by atoms with Crippen molar-refractivity contribution in [1.82, 2.24) is 14.5 Å². The first-order valence-corrected chi connectivity index (χ1v) is 9.47. The predicted octanol–water partition coefficient (Wildman–Crippen LogP) is 4.20. The summed E-state index contributed by atoms with van der Waals surface area (Å²) in [7, 11) is 0. The van der Waals surface area contributed by atoms with Crippen molar-refractivity contribution in [3.8, 4) is 0 Å². The summed E-state index contributed by atoms with van der Waals surface area (Å²) in [5.41, 5.74) is 5.09. The number of halogens is 1. The van der Waals surface area contributed by atoms with Gasteiger partial charge >= 0.3 is 0 Å². The molecule has 0 radical (unpaired) electrons. The van der Waals surface area contributed by atoms with E-state index in [4.69, 9.17) is 0 Å². The monoisotopic (exact) mass is 365 g/mol. The molecule has 3 aromatic rings. The highest BCUT2D eigenvalue weighted by atomic mass is 19.1. The maximum atomic E-state index is 13.6. The summed E-state index contributed by atoms with van der Waals surface area (Å²) in [6.07, 6.45) is 3.97. The maximum Gasteiger partial charge on any atom is 0.227 e. The van der Waals surface area contributed by atoms with Gasteiger partial charge < -0.3 is 9.47 Å². The van der Waals surface area contributed by atoms with Crippen molar-refractivity contribution in [2.75, 3.05) is 13.1 Å². The summed E-state index contributed by atoms with van der Waals surface area (Å²) in [5.74, 6) is -0.0610. The number of carbonyl (C=O) groups is 1. The third-order valence-electron chi connectivity index (χ3n) is 5.59. The largest absolute Gasteiger partial charge is 0.342 e. The first-order chi connectivity index (χ1) is 13.0. The first-order valence-electron chi connectivity index (χ1n) is 9.47. The van der Waals surface area contributed by atoms with Crippen LogP contribution in [0.25, 0.3) is 11.0 Å². The number of aryl methyl sites for hydroxylation is 2. The molecule has 1 fully saturated rings. The number of imidazole rings is 1. The van der Waals surface area contributed by atoms with E-state index in [1.54, 1.807) is 18.5 Å². The standard InChI is InChI=1S/C22H24FN3O/c1-15-3-4-16(2)17(11-15)12-22(27)25-9-7-19(8-10-25)26-14-24-20-6-5-18(23)13-21(20)26/h3-6,11,13-14,19H,7-10,12H2,1-2H3. The van der Waals surface area contributed by atoms with Crippen LogP contribution in [0.1, 0.15) is 35.6 Å². The first kappa shape index (κ1) is 17.7. The topological polar surface area (TPSA) is 38.1 Å². The van der Waals surface area contributed by atoms with Crippen molar-refractivity contribution in [2.24, 2.45) is 0 Å². The molecule has 0 bridgehead atoms. The number of aromatic nitrogens is 2. The molecule has 4 rings (SSSR count). The van der Waals surface area contributed by atoms with Gasteiger partial charge in [-0.2, -0.15) is 0 Å². The molecule has 5 heteroatoms. The molecule has 0 unspecified atom stereocenters. The molecule has 2 heterocycles. The molecule has 0 saturated carbocycles. The molecule has 0 N–H and O–H groups in total. The van der Waals surface area contributed by atoms with Crippen LogP contribution in [0, 0.1) is 19.7 Å². The van der Waals surface area contributed by atoms with Crippen LogP contribution in [0.2, 0.25) is 0 Å². The molecule has 2 aromatic carbocycles. The van der Waals surface area contributed by atoms with Gasteiger partial charge in [-0.3, -0.25) is 4.79 Å². The van der Waals surface area contributed by atoms with Crippen molar-refractivity contribution in [2.45, 2.75) is 39.2 Å². The lowest BCUT2D eigenvalue weighted by Gasteiger charge is -2.33. The van der Waals surface area contributed by atoms with Crippen molar-refractivity contribution in [1.29, 1.82) is 0 Å². The number of amides is 1. The van der Waals surface area contributed by atoms with Gasteiger partial charge in [0.1, 0.15) is 5.82 Å². The lowest BCUT2D eigenvalue weighted by molar-refractivity contribution is -0.131. The van der Waals surface area contributed by atoms with Gasteiger partial charge in [0.15, 0.2) is 0 Å². The normalized spacial score (nSPS) is 15.4. The molecule has 1 amide bonds. The van der Waals surface area contributed by atoms with E-state index in [0.717, 1.165) is 48.1 Å². The molecule has 140 valence electrons. The van der Waals surface area contributed by atoms with Gasteiger partial charge in [-0.25, -0.2) is 9.37 Å². The lowest BCUT2D eigenvalue weighted by Crippen LogP contribution is -2.39. The fraction of sp³-hybridized carbons (Fsp3) is 0.364. The number of piperidine rings is 1. The quantitative estimate of drug-likeness (QED) is 0.698. The number of fused-ring (bicyclic) bond motifs is 1. The van der Waals surface area contributed by atoms with Crippen LogP contribution in [0.3, 0.4) is 0 Å². The minimum atomic E-state index is -0.245. The number of carbonyl (C=O) groups excluding carboxylic acids is 1. The van der Waals surface area contributed by atoms with Crippen LogP contribution in [-0.2, 0) is 11.2 Å². The van der Waals surface area contributed by atoms with E-state index in [-0.39, 0.29) is 17.8 Å². The SMILES string of the molecule is Cc1ccc(C)c(CC(=O)N2CCC(n3cnc4ccc(F)cc43)CC2)c1. The average Bonchev–Trinajstić information content (AvgIpc) is 3.08. The summed E-state index contributed by atoms with van der Waals surface area (Å²) >= 11 is 0. The summed E-state index contributed by atoms with van der Waals surface area (Å²) in [6.45, 7) is 5.56. The molecule has 27 heavy (non-hydrogen) atoms. The van der Waals surface area contributed by atoms with E-state index in [0.29, 0.717) is 6.42 Å². The highest BCUT2D eigenvalue weighted by Crippen LogP contribution is 2.27. The van der Waals surface area contributed by atoms with Crippen LogP contribution < -0.4 is 0 Å². The second-order valence-corrected chi connectivity index (χ2v) is 7.50. The molecule has 1 saturated heterocycles. The van der Waals surface area contributed by atoms with Crippen LogP contribution in [0.15, 0.2) is 42.7 Å². The van der Waals surface area contributed by atoms with E-state index in [1.807, 2.05) is 4.90 Å². The molecular formula is C22H24FN3O. The Hall–Kier alpha value is -2.69. The number of hydrogen-bond donors (Lipinski definition) is 0. The smallest absolute Gasteiger partial charge is 0.227 e. The third-order valence-corrected chi connectivity index (χ3v) is 5.59. The van der Waals surface area contributed by atoms with Gasteiger partial charge in [0.2, 0.25) is 5.91 Å². The molecule has 1 aliphatic rings. The lowest BCUT2D eigenvalue weighted by atomic mass is 10.0. The Morgan fingerprint density at radius 3 is 2.70 bits per heavy atom. The number of benzene rings is 2. The average molecular weight is 365 g/mol. The van der Waals surface area contributed by atoms with Crippen molar-refractivity contribution in [3.05, 3.63) is 65.2 Å². The second-order valence-electron chi connectivity index (χ2n) is 7.50. The number of hydrogen-bond acceptors (Lipinski definition) is 2. The zero-order valence-corrected chi connectivity index (χ0v) is 15.8. The van der Waals surface area contributed by atoms with Crippen LogP contribution in [0.5, 0.6) is 0 Å². The molecule has 1 aliphatic heterocycles.